The summed E-state index contributed by atoms with van der Waals surface area (Å²) in [5, 5.41) is 11.1. The Labute approximate surface area is 118 Å². The van der Waals surface area contributed by atoms with Crippen LogP contribution in [0.5, 0.6) is 5.75 Å². The minimum atomic E-state index is -4.82. The van der Waals surface area contributed by atoms with E-state index in [1.54, 1.807) is 0 Å². The second kappa shape index (κ2) is 6.78. The van der Waals surface area contributed by atoms with E-state index in [4.69, 9.17) is 5.11 Å². The van der Waals surface area contributed by atoms with Gasteiger partial charge < -0.3 is 15.2 Å². The zero-order valence-electron chi connectivity index (χ0n) is 10.7. The lowest BCUT2D eigenvalue weighted by molar-refractivity contribution is -0.274. The van der Waals surface area contributed by atoms with Crippen LogP contribution in [-0.2, 0) is 4.79 Å². The minimum Gasteiger partial charge on any atom is -0.480 e. The van der Waals surface area contributed by atoms with Crippen LogP contribution in [0.4, 0.5) is 13.2 Å². The molecular weight excluding hydrogens is 291 g/mol. The van der Waals surface area contributed by atoms with Crippen molar-refractivity contribution in [3.8, 4) is 5.75 Å². The summed E-state index contributed by atoms with van der Waals surface area (Å²) >= 11 is 0. The lowest BCUT2D eigenvalue weighted by atomic mass is 10.1. The number of halogens is 3. The molecule has 5 nitrogen and oxygen atoms in total. The van der Waals surface area contributed by atoms with E-state index >= 15 is 0 Å². The summed E-state index contributed by atoms with van der Waals surface area (Å²) in [5.74, 6) is -2.43. The standard InChI is InChI=1S/C13H12F3NO4/c1-2-3-10(12(19)20)17-11(18)8-4-6-9(7-5-8)21-13(14,15)16/h2,4-7,10H,1,3H2,(H,17,18)(H,19,20). The van der Waals surface area contributed by atoms with E-state index in [1.165, 1.54) is 6.08 Å². The number of alkyl halides is 3. The summed E-state index contributed by atoms with van der Waals surface area (Å²) in [5.41, 5.74) is 0.0137. The average molecular weight is 303 g/mol. The number of aliphatic carboxylic acids is 1. The molecule has 0 heterocycles. The number of nitrogens with one attached hydrogen (secondary N) is 1. The van der Waals surface area contributed by atoms with Crippen LogP contribution < -0.4 is 10.1 Å². The highest BCUT2D eigenvalue weighted by atomic mass is 19.4. The Morgan fingerprint density at radius 1 is 1.33 bits per heavy atom. The summed E-state index contributed by atoms with van der Waals surface area (Å²) in [6, 6.07) is 2.98. The van der Waals surface area contributed by atoms with Gasteiger partial charge in [0.2, 0.25) is 0 Å². The van der Waals surface area contributed by atoms with Gasteiger partial charge in [0.05, 0.1) is 0 Å². The molecule has 0 bridgehead atoms. The van der Waals surface area contributed by atoms with Crippen molar-refractivity contribution < 1.29 is 32.6 Å². The molecule has 0 fully saturated rings. The molecule has 2 N–H and O–H groups in total. The van der Waals surface area contributed by atoms with Gasteiger partial charge in [-0.2, -0.15) is 0 Å². The van der Waals surface area contributed by atoms with Crippen molar-refractivity contribution in [1.82, 2.24) is 5.32 Å². The molecule has 8 heteroatoms. The summed E-state index contributed by atoms with van der Waals surface area (Å²) in [6.45, 7) is 3.37. The fraction of sp³-hybridized carbons (Fsp3) is 0.231. The number of rotatable bonds is 6. The molecule has 1 aromatic carbocycles. The molecule has 21 heavy (non-hydrogen) atoms. The maximum atomic E-state index is 12.0. The van der Waals surface area contributed by atoms with Gasteiger partial charge in [0.15, 0.2) is 0 Å². The number of carbonyl (C=O) groups is 2. The topological polar surface area (TPSA) is 75.6 Å². The molecule has 0 aliphatic rings. The van der Waals surface area contributed by atoms with Gasteiger partial charge in [-0.3, -0.25) is 4.79 Å². The lowest BCUT2D eigenvalue weighted by Crippen LogP contribution is -2.40. The van der Waals surface area contributed by atoms with E-state index in [0.29, 0.717) is 0 Å². The molecule has 1 atom stereocenters. The van der Waals surface area contributed by atoms with Crippen LogP contribution in [0.25, 0.3) is 0 Å². The van der Waals surface area contributed by atoms with E-state index < -0.39 is 30.0 Å². The van der Waals surface area contributed by atoms with Crippen LogP contribution >= 0.6 is 0 Å². The Bertz CT molecular complexity index is 525. The smallest absolute Gasteiger partial charge is 0.480 e. The van der Waals surface area contributed by atoms with Gasteiger partial charge in [-0.25, -0.2) is 4.79 Å². The fourth-order valence-electron chi connectivity index (χ4n) is 1.44. The van der Waals surface area contributed by atoms with Gasteiger partial charge in [-0.05, 0) is 30.7 Å². The number of benzene rings is 1. The minimum absolute atomic E-state index is 0.0137. The first-order chi connectivity index (χ1) is 9.73. The third-order valence-corrected chi connectivity index (χ3v) is 2.36. The maximum Gasteiger partial charge on any atom is 0.573 e. The van der Waals surface area contributed by atoms with Crippen molar-refractivity contribution in [2.45, 2.75) is 18.8 Å². The maximum absolute atomic E-state index is 12.0. The van der Waals surface area contributed by atoms with Crippen molar-refractivity contribution in [3.63, 3.8) is 0 Å². The van der Waals surface area contributed by atoms with Crippen molar-refractivity contribution in [2.24, 2.45) is 0 Å². The van der Waals surface area contributed by atoms with Crippen LogP contribution in [0.2, 0.25) is 0 Å². The van der Waals surface area contributed by atoms with Crippen LogP contribution in [0.15, 0.2) is 36.9 Å². The third-order valence-electron chi connectivity index (χ3n) is 2.36. The van der Waals surface area contributed by atoms with Crippen molar-refractivity contribution in [2.75, 3.05) is 0 Å². The first-order valence-electron chi connectivity index (χ1n) is 5.73. The number of ether oxygens (including phenoxy) is 1. The van der Waals surface area contributed by atoms with Gasteiger partial charge in [0.1, 0.15) is 11.8 Å². The van der Waals surface area contributed by atoms with Gasteiger partial charge in [-0.1, -0.05) is 6.08 Å². The Balaban J connectivity index is 2.75. The van der Waals surface area contributed by atoms with Crippen LogP contribution in [-0.4, -0.2) is 29.4 Å². The SMILES string of the molecule is C=CCC(NC(=O)c1ccc(OC(F)(F)F)cc1)C(=O)O. The highest BCUT2D eigenvalue weighted by Gasteiger charge is 2.31. The van der Waals surface area contributed by atoms with Crippen molar-refractivity contribution >= 4 is 11.9 Å². The monoisotopic (exact) mass is 303 g/mol. The largest absolute Gasteiger partial charge is 0.573 e. The van der Waals surface area contributed by atoms with Gasteiger partial charge in [0.25, 0.3) is 5.91 Å². The van der Waals surface area contributed by atoms with Crippen LogP contribution in [0.1, 0.15) is 16.8 Å². The summed E-state index contributed by atoms with van der Waals surface area (Å²) < 4.78 is 39.6. The van der Waals surface area contributed by atoms with E-state index in [2.05, 4.69) is 16.6 Å². The second-order valence-electron chi connectivity index (χ2n) is 3.96. The van der Waals surface area contributed by atoms with Gasteiger partial charge in [-0.15, -0.1) is 19.8 Å². The van der Waals surface area contributed by atoms with Gasteiger partial charge >= 0.3 is 12.3 Å². The molecule has 0 aliphatic heterocycles. The number of carboxylic acids is 1. The Kier molecular flexibility index (Phi) is 5.34. The molecule has 1 aromatic rings. The molecule has 114 valence electrons. The molecule has 0 saturated heterocycles. The number of hydrogen-bond acceptors (Lipinski definition) is 3. The first kappa shape index (κ1) is 16.5. The van der Waals surface area contributed by atoms with Gasteiger partial charge in [0, 0.05) is 5.56 Å². The normalized spacial score (nSPS) is 12.3. The van der Waals surface area contributed by atoms with Crippen LogP contribution in [0, 0.1) is 0 Å². The molecule has 1 rings (SSSR count). The average Bonchev–Trinajstić information content (AvgIpc) is 2.36. The molecular formula is C13H12F3NO4. The number of amides is 1. The van der Waals surface area contributed by atoms with Crippen molar-refractivity contribution in [1.29, 1.82) is 0 Å². The lowest BCUT2D eigenvalue weighted by Gasteiger charge is -2.13. The second-order valence-corrected chi connectivity index (χ2v) is 3.96. The van der Waals surface area contributed by atoms with E-state index in [1.807, 2.05) is 0 Å². The Hall–Kier alpha value is -2.51. The molecule has 1 amide bonds. The number of carbonyl (C=O) groups excluding carboxylic acids is 1. The molecule has 0 aromatic heterocycles. The predicted octanol–water partition coefficient (Wildman–Crippen LogP) is 2.34. The first-order valence-corrected chi connectivity index (χ1v) is 5.73. The quantitative estimate of drug-likeness (QED) is 0.791. The summed E-state index contributed by atoms with van der Waals surface area (Å²) in [7, 11) is 0. The Morgan fingerprint density at radius 2 is 1.90 bits per heavy atom. The van der Waals surface area contributed by atoms with E-state index in [9.17, 15) is 22.8 Å². The van der Waals surface area contributed by atoms with Crippen molar-refractivity contribution in [3.05, 3.63) is 42.5 Å². The zero-order valence-corrected chi connectivity index (χ0v) is 10.7. The number of hydrogen-bond donors (Lipinski definition) is 2. The summed E-state index contributed by atoms with van der Waals surface area (Å²) in [4.78, 5) is 22.6. The molecule has 0 spiro atoms. The fourth-order valence-corrected chi connectivity index (χ4v) is 1.44. The molecule has 0 saturated carbocycles. The summed E-state index contributed by atoms with van der Waals surface area (Å²) in [6.07, 6.45) is -3.46. The molecule has 1 unspecified atom stereocenters. The van der Waals surface area contributed by atoms with E-state index in [0.717, 1.165) is 24.3 Å². The Morgan fingerprint density at radius 3 is 2.33 bits per heavy atom. The molecule has 0 aliphatic carbocycles. The van der Waals surface area contributed by atoms with E-state index in [-0.39, 0.29) is 12.0 Å². The number of carboxylic acid groups (broad SMARTS) is 1. The third kappa shape index (κ3) is 5.55. The highest BCUT2D eigenvalue weighted by molar-refractivity contribution is 5.96. The van der Waals surface area contributed by atoms with Crippen LogP contribution in [0.3, 0.4) is 0 Å². The molecule has 0 radical (unpaired) electrons. The highest BCUT2D eigenvalue weighted by Crippen LogP contribution is 2.22. The zero-order chi connectivity index (χ0) is 16.0. The predicted molar refractivity (Wildman–Crippen MR) is 66.8 cm³/mol.